The SMILES string of the molecule is O=S(=O)(c1cccs1)N1CCN(CCC2CCCCC2)CC1. The second kappa shape index (κ2) is 7.43. The Bertz CT molecular complexity index is 543. The Kier molecular flexibility index (Phi) is 5.55. The van der Waals surface area contributed by atoms with Crippen LogP contribution in [-0.4, -0.2) is 50.3 Å². The summed E-state index contributed by atoms with van der Waals surface area (Å²) in [5, 5.41) is 1.83. The largest absolute Gasteiger partial charge is 0.301 e. The molecule has 0 radical (unpaired) electrons. The van der Waals surface area contributed by atoms with Crippen molar-refractivity contribution in [3.05, 3.63) is 17.5 Å². The summed E-state index contributed by atoms with van der Waals surface area (Å²) in [6.07, 6.45) is 8.29. The van der Waals surface area contributed by atoms with Crippen molar-refractivity contribution in [1.82, 2.24) is 9.21 Å². The summed E-state index contributed by atoms with van der Waals surface area (Å²) >= 11 is 1.31. The van der Waals surface area contributed by atoms with Crippen LogP contribution in [0.3, 0.4) is 0 Å². The van der Waals surface area contributed by atoms with Gasteiger partial charge in [0.15, 0.2) is 0 Å². The fourth-order valence-corrected chi connectivity index (χ4v) is 6.14. The molecule has 0 amide bonds. The molecule has 0 bridgehead atoms. The van der Waals surface area contributed by atoms with E-state index in [4.69, 9.17) is 0 Å². The van der Waals surface area contributed by atoms with E-state index in [-0.39, 0.29) is 0 Å². The highest BCUT2D eigenvalue weighted by Crippen LogP contribution is 2.27. The average Bonchev–Trinajstić information content (AvgIpc) is 3.10. The van der Waals surface area contributed by atoms with Crippen LogP contribution < -0.4 is 0 Å². The molecule has 0 spiro atoms. The van der Waals surface area contributed by atoms with Gasteiger partial charge in [-0.15, -0.1) is 11.3 Å². The van der Waals surface area contributed by atoms with Crippen molar-refractivity contribution in [3.8, 4) is 0 Å². The molecular formula is C16H26N2O2S2. The lowest BCUT2D eigenvalue weighted by molar-refractivity contribution is 0.171. The van der Waals surface area contributed by atoms with Gasteiger partial charge in [-0.05, 0) is 30.3 Å². The molecule has 3 rings (SSSR count). The quantitative estimate of drug-likeness (QED) is 0.826. The number of hydrogen-bond donors (Lipinski definition) is 0. The standard InChI is InChI=1S/C16H26N2O2S2/c19-22(20,16-7-4-14-21-16)18-12-10-17(11-13-18)9-8-15-5-2-1-3-6-15/h4,7,14-15H,1-3,5-6,8-13H2. The molecule has 1 aliphatic heterocycles. The minimum absolute atomic E-state index is 0.475. The normalized spacial score (nSPS) is 22.9. The molecule has 1 saturated carbocycles. The zero-order valence-electron chi connectivity index (χ0n) is 13.1. The van der Waals surface area contributed by atoms with Crippen LogP contribution in [-0.2, 0) is 10.0 Å². The molecule has 2 aliphatic rings. The first-order valence-electron chi connectivity index (χ1n) is 8.42. The molecule has 2 fully saturated rings. The predicted molar refractivity (Wildman–Crippen MR) is 90.7 cm³/mol. The van der Waals surface area contributed by atoms with Crippen LogP contribution in [0.5, 0.6) is 0 Å². The van der Waals surface area contributed by atoms with Crippen LogP contribution in [0.4, 0.5) is 0 Å². The summed E-state index contributed by atoms with van der Waals surface area (Å²) in [5.41, 5.74) is 0. The highest BCUT2D eigenvalue weighted by atomic mass is 32.2. The first-order valence-corrected chi connectivity index (χ1v) is 10.7. The maximum absolute atomic E-state index is 12.5. The van der Waals surface area contributed by atoms with Crippen molar-refractivity contribution in [3.63, 3.8) is 0 Å². The fraction of sp³-hybridized carbons (Fsp3) is 0.750. The first-order chi connectivity index (χ1) is 10.7. The molecule has 1 aromatic rings. The molecule has 0 aromatic carbocycles. The lowest BCUT2D eigenvalue weighted by Crippen LogP contribution is -2.48. The van der Waals surface area contributed by atoms with Gasteiger partial charge in [-0.2, -0.15) is 4.31 Å². The van der Waals surface area contributed by atoms with Crippen LogP contribution in [0.15, 0.2) is 21.7 Å². The Morgan fingerprint density at radius 2 is 1.82 bits per heavy atom. The monoisotopic (exact) mass is 342 g/mol. The minimum atomic E-state index is -3.25. The molecule has 1 aromatic heterocycles. The highest BCUT2D eigenvalue weighted by molar-refractivity contribution is 7.91. The first kappa shape index (κ1) is 16.4. The van der Waals surface area contributed by atoms with E-state index in [0.717, 1.165) is 25.6 Å². The number of piperazine rings is 1. The third-order valence-electron chi connectivity index (χ3n) is 5.00. The van der Waals surface area contributed by atoms with Gasteiger partial charge < -0.3 is 4.90 Å². The molecule has 0 unspecified atom stereocenters. The van der Waals surface area contributed by atoms with Crippen molar-refractivity contribution >= 4 is 21.4 Å². The molecule has 1 saturated heterocycles. The minimum Gasteiger partial charge on any atom is -0.301 e. The van der Waals surface area contributed by atoms with Gasteiger partial charge in [0.2, 0.25) is 0 Å². The van der Waals surface area contributed by atoms with E-state index >= 15 is 0 Å². The molecule has 1 aliphatic carbocycles. The van der Waals surface area contributed by atoms with Crippen molar-refractivity contribution in [2.75, 3.05) is 32.7 Å². The maximum atomic E-state index is 12.5. The Morgan fingerprint density at radius 3 is 2.45 bits per heavy atom. The number of nitrogens with zero attached hydrogens (tertiary/aromatic N) is 2. The Balaban J connectivity index is 1.46. The van der Waals surface area contributed by atoms with Gasteiger partial charge in [-0.1, -0.05) is 38.2 Å². The van der Waals surface area contributed by atoms with Crippen LogP contribution in [0.2, 0.25) is 0 Å². The van der Waals surface area contributed by atoms with E-state index in [1.165, 1.54) is 49.9 Å². The van der Waals surface area contributed by atoms with Gasteiger partial charge >= 0.3 is 0 Å². The topological polar surface area (TPSA) is 40.6 Å². The Morgan fingerprint density at radius 1 is 1.09 bits per heavy atom. The van der Waals surface area contributed by atoms with Crippen LogP contribution in [0, 0.1) is 5.92 Å². The summed E-state index contributed by atoms with van der Waals surface area (Å²) in [7, 11) is -3.25. The summed E-state index contributed by atoms with van der Waals surface area (Å²) in [6.45, 7) is 4.14. The van der Waals surface area contributed by atoms with Crippen molar-refractivity contribution in [1.29, 1.82) is 0 Å². The molecule has 2 heterocycles. The van der Waals surface area contributed by atoms with E-state index in [1.54, 1.807) is 16.4 Å². The molecule has 124 valence electrons. The summed E-state index contributed by atoms with van der Waals surface area (Å²) in [6, 6.07) is 3.51. The van der Waals surface area contributed by atoms with E-state index < -0.39 is 10.0 Å². The van der Waals surface area contributed by atoms with Gasteiger partial charge in [-0.3, -0.25) is 0 Å². The Labute approximate surface area is 138 Å². The lowest BCUT2D eigenvalue weighted by atomic mass is 9.87. The molecule has 4 nitrogen and oxygen atoms in total. The van der Waals surface area contributed by atoms with E-state index in [0.29, 0.717) is 17.3 Å². The van der Waals surface area contributed by atoms with Gasteiger partial charge in [0.25, 0.3) is 10.0 Å². The predicted octanol–water partition coefficient (Wildman–Crippen LogP) is 3.02. The van der Waals surface area contributed by atoms with Gasteiger partial charge in [0.1, 0.15) is 4.21 Å². The third-order valence-corrected chi connectivity index (χ3v) is 8.27. The third kappa shape index (κ3) is 3.91. The summed E-state index contributed by atoms with van der Waals surface area (Å²) < 4.78 is 27.1. The molecular weight excluding hydrogens is 316 g/mol. The highest BCUT2D eigenvalue weighted by Gasteiger charge is 2.29. The number of rotatable bonds is 5. The van der Waals surface area contributed by atoms with E-state index in [2.05, 4.69) is 4.90 Å². The lowest BCUT2D eigenvalue weighted by Gasteiger charge is -2.34. The van der Waals surface area contributed by atoms with Crippen molar-refractivity contribution in [2.24, 2.45) is 5.92 Å². The van der Waals surface area contributed by atoms with Crippen molar-refractivity contribution < 1.29 is 8.42 Å². The van der Waals surface area contributed by atoms with Crippen molar-refractivity contribution in [2.45, 2.75) is 42.7 Å². The van der Waals surface area contributed by atoms with E-state index in [1.807, 2.05) is 5.38 Å². The second-order valence-electron chi connectivity index (χ2n) is 6.47. The smallest absolute Gasteiger partial charge is 0.252 e. The second-order valence-corrected chi connectivity index (χ2v) is 9.58. The Hall–Kier alpha value is -0.430. The van der Waals surface area contributed by atoms with Gasteiger partial charge in [0.05, 0.1) is 0 Å². The zero-order chi connectivity index (χ0) is 15.4. The molecule has 6 heteroatoms. The number of sulfonamides is 1. The van der Waals surface area contributed by atoms with Gasteiger partial charge in [0, 0.05) is 26.2 Å². The average molecular weight is 343 g/mol. The fourth-order valence-electron chi connectivity index (χ4n) is 3.57. The molecule has 0 atom stereocenters. The van der Waals surface area contributed by atoms with Crippen LogP contribution in [0.1, 0.15) is 38.5 Å². The van der Waals surface area contributed by atoms with Gasteiger partial charge in [-0.25, -0.2) is 8.42 Å². The van der Waals surface area contributed by atoms with E-state index in [9.17, 15) is 8.42 Å². The summed E-state index contributed by atoms with van der Waals surface area (Å²) in [4.78, 5) is 2.44. The number of hydrogen-bond acceptors (Lipinski definition) is 4. The van der Waals surface area contributed by atoms with Crippen LogP contribution >= 0.6 is 11.3 Å². The zero-order valence-corrected chi connectivity index (χ0v) is 14.7. The molecule has 0 N–H and O–H groups in total. The summed E-state index contributed by atoms with van der Waals surface area (Å²) in [5.74, 6) is 0.904. The number of thiophene rings is 1. The molecule has 22 heavy (non-hydrogen) atoms. The maximum Gasteiger partial charge on any atom is 0.252 e. The van der Waals surface area contributed by atoms with Crippen LogP contribution in [0.25, 0.3) is 0 Å².